The van der Waals surface area contributed by atoms with Crippen molar-refractivity contribution < 1.29 is 14.6 Å². The first-order valence-electron chi connectivity index (χ1n) is 8.16. The molecule has 2 rings (SSSR count). The maximum absolute atomic E-state index is 10.4. The number of ether oxygens (including phenoxy) is 2. The van der Waals surface area contributed by atoms with Crippen LogP contribution in [0, 0.1) is 0 Å². The summed E-state index contributed by atoms with van der Waals surface area (Å²) in [6.07, 6.45) is 6.45. The summed E-state index contributed by atoms with van der Waals surface area (Å²) in [5.74, 6) is 0.793. The number of aliphatic hydroxyl groups is 1. The lowest BCUT2D eigenvalue weighted by Gasteiger charge is -2.21. The van der Waals surface area contributed by atoms with E-state index in [1.54, 1.807) is 7.11 Å². The number of fused-ring (bicyclic) bond motifs is 1. The highest BCUT2D eigenvalue weighted by Crippen LogP contribution is 2.36. The average molecular weight is 292 g/mol. The number of hydrogen-bond donors (Lipinski definition) is 1. The third kappa shape index (κ3) is 4.21. The molecule has 0 aliphatic heterocycles. The minimum atomic E-state index is -0.534. The molecule has 0 fully saturated rings. The van der Waals surface area contributed by atoms with Gasteiger partial charge in [-0.2, -0.15) is 0 Å². The van der Waals surface area contributed by atoms with E-state index in [9.17, 15) is 5.11 Å². The summed E-state index contributed by atoms with van der Waals surface area (Å²) in [4.78, 5) is 0. The van der Waals surface area contributed by atoms with E-state index in [1.807, 2.05) is 18.2 Å². The minimum Gasteiger partial charge on any atom is -0.497 e. The van der Waals surface area contributed by atoms with E-state index in [4.69, 9.17) is 9.47 Å². The van der Waals surface area contributed by atoms with Crippen molar-refractivity contribution >= 4 is 0 Å². The van der Waals surface area contributed by atoms with Crippen LogP contribution < -0.4 is 4.74 Å². The van der Waals surface area contributed by atoms with Gasteiger partial charge in [-0.25, -0.2) is 0 Å². The maximum Gasteiger partial charge on any atom is 0.119 e. The summed E-state index contributed by atoms with van der Waals surface area (Å²) < 4.78 is 11.3. The molecule has 3 heteroatoms. The topological polar surface area (TPSA) is 38.7 Å². The number of unbranched alkanes of at least 4 members (excludes halogenated alkanes) is 3. The van der Waals surface area contributed by atoms with Crippen LogP contribution in [0.4, 0.5) is 0 Å². The summed E-state index contributed by atoms with van der Waals surface area (Å²) in [6, 6.07) is 5.91. The lowest BCUT2D eigenvalue weighted by atomic mass is 10.1. The minimum absolute atomic E-state index is 0.117. The van der Waals surface area contributed by atoms with Gasteiger partial charge in [0.1, 0.15) is 11.9 Å². The van der Waals surface area contributed by atoms with Crippen LogP contribution in [-0.4, -0.2) is 24.4 Å². The molecule has 0 aromatic heterocycles. The van der Waals surface area contributed by atoms with Crippen LogP contribution in [0.2, 0.25) is 0 Å². The van der Waals surface area contributed by atoms with Crippen molar-refractivity contribution in [1.29, 1.82) is 0 Å². The number of methoxy groups -OCH3 is 1. The second kappa shape index (κ2) is 7.81. The van der Waals surface area contributed by atoms with Crippen molar-refractivity contribution in [2.45, 2.75) is 70.7 Å². The van der Waals surface area contributed by atoms with Crippen LogP contribution in [-0.2, 0) is 11.2 Å². The Labute approximate surface area is 128 Å². The van der Waals surface area contributed by atoms with Gasteiger partial charge in [-0.05, 0) is 36.6 Å². The van der Waals surface area contributed by atoms with Gasteiger partial charge in [0.05, 0.1) is 19.3 Å². The van der Waals surface area contributed by atoms with Crippen LogP contribution in [0.25, 0.3) is 0 Å². The van der Waals surface area contributed by atoms with Crippen LogP contribution in [0.1, 0.15) is 63.2 Å². The van der Waals surface area contributed by atoms with E-state index in [1.165, 1.54) is 31.2 Å². The zero-order valence-corrected chi connectivity index (χ0v) is 13.5. The molecule has 3 atom stereocenters. The lowest BCUT2D eigenvalue weighted by Crippen LogP contribution is -2.24. The number of benzene rings is 1. The van der Waals surface area contributed by atoms with E-state index in [0.717, 1.165) is 24.2 Å². The van der Waals surface area contributed by atoms with E-state index in [0.29, 0.717) is 0 Å². The Bertz CT molecular complexity index is 444. The first kappa shape index (κ1) is 16.3. The summed E-state index contributed by atoms with van der Waals surface area (Å²) in [6.45, 7) is 4.34. The molecule has 1 aliphatic carbocycles. The molecular formula is C18H28O3. The smallest absolute Gasteiger partial charge is 0.119 e. The van der Waals surface area contributed by atoms with Crippen molar-refractivity contribution in [2.24, 2.45) is 0 Å². The molecule has 1 N–H and O–H groups in total. The van der Waals surface area contributed by atoms with Crippen LogP contribution in [0.15, 0.2) is 18.2 Å². The van der Waals surface area contributed by atoms with Gasteiger partial charge in [-0.15, -0.1) is 0 Å². The largest absolute Gasteiger partial charge is 0.497 e. The van der Waals surface area contributed by atoms with Gasteiger partial charge in [-0.1, -0.05) is 38.7 Å². The Hall–Kier alpha value is -1.06. The molecule has 0 bridgehead atoms. The second-order valence-electron chi connectivity index (χ2n) is 6.05. The molecule has 0 heterocycles. The molecular weight excluding hydrogens is 264 g/mol. The number of aliphatic hydroxyl groups excluding tert-OH is 1. The Morgan fingerprint density at radius 1 is 1.29 bits per heavy atom. The highest BCUT2D eigenvalue weighted by molar-refractivity contribution is 5.41. The average Bonchev–Trinajstić information content (AvgIpc) is 2.79. The third-order valence-electron chi connectivity index (χ3n) is 4.32. The fraction of sp³-hybridized carbons (Fsp3) is 0.667. The van der Waals surface area contributed by atoms with Crippen molar-refractivity contribution in [1.82, 2.24) is 0 Å². The molecule has 0 amide bonds. The van der Waals surface area contributed by atoms with Crippen LogP contribution in [0.3, 0.4) is 0 Å². The predicted octanol–water partition coefficient (Wildman–Crippen LogP) is 4.03. The normalized spacial score (nSPS) is 22.1. The van der Waals surface area contributed by atoms with Gasteiger partial charge in [-0.3, -0.25) is 0 Å². The van der Waals surface area contributed by atoms with Gasteiger partial charge < -0.3 is 14.6 Å². The molecule has 0 spiro atoms. The summed E-state index contributed by atoms with van der Waals surface area (Å²) in [7, 11) is 1.65. The quantitative estimate of drug-likeness (QED) is 0.735. The van der Waals surface area contributed by atoms with Crippen LogP contribution in [0.5, 0.6) is 5.75 Å². The monoisotopic (exact) mass is 292 g/mol. The summed E-state index contributed by atoms with van der Waals surface area (Å²) >= 11 is 0. The zero-order valence-electron chi connectivity index (χ0n) is 13.5. The van der Waals surface area contributed by atoms with Gasteiger partial charge in [0.25, 0.3) is 0 Å². The Morgan fingerprint density at radius 3 is 2.81 bits per heavy atom. The van der Waals surface area contributed by atoms with Crippen molar-refractivity contribution in [3.05, 3.63) is 29.3 Å². The van der Waals surface area contributed by atoms with E-state index >= 15 is 0 Å². The third-order valence-corrected chi connectivity index (χ3v) is 4.32. The first-order valence-corrected chi connectivity index (χ1v) is 8.16. The standard InChI is InChI=1S/C18H28O3/c1-4-5-6-7-8-13(2)21-17-11-14-9-10-15(20-3)12-16(14)18(17)19/h9-10,12-13,17-19H,4-8,11H2,1-3H3. The second-order valence-corrected chi connectivity index (χ2v) is 6.05. The number of hydrogen-bond acceptors (Lipinski definition) is 3. The lowest BCUT2D eigenvalue weighted by molar-refractivity contribution is -0.0657. The van der Waals surface area contributed by atoms with Gasteiger partial charge in [0.2, 0.25) is 0 Å². The Balaban J connectivity index is 1.86. The summed E-state index contributed by atoms with van der Waals surface area (Å²) in [5.41, 5.74) is 2.13. The molecule has 1 aromatic carbocycles. The molecule has 21 heavy (non-hydrogen) atoms. The van der Waals surface area contributed by atoms with E-state index in [2.05, 4.69) is 13.8 Å². The fourth-order valence-corrected chi connectivity index (χ4v) is 3.04. The predicted molar refractivity (Wildman–Crippen MR) is 84.8 cm³/mol. The molecule has 0 saturated heterocycles. The Morgan fingerprint density at radius 2 is 2.10 bits per heavy atom. The van der Waals surface area contributed by atoms with Crippen molar-refractivity contribution in [2.75, 3.05) is 7.11 Å². The van der Waals surface area contributed by atoms with Gasteiger partial charge >= 0.3 is 0 Å². The fourth-order valence-electron chi connectivity index (χ4n) is 3.04. The van der Waals surface area contributed by atoms with E-state index in [-0.39, 0.29) is 12.2 Å². The number of rotatable bonds is 8. The molecule has 0 radical (unpaired) electrons. The molecule has 3 unspecified atom stereocenters. The molecule has 3 nitrogen and oxygen atoms in total. The highest BCUT2D eigenvalue weighted by atomic mass is 16.5. The maximum atomic E-state index is 10.4. The van der Waals surface area contributed by atoms with Gasteiger partial charge in [0.15, 0.2) is 0 Å². The highest BCUT2D eigenvalue weighted by Gasteiger charge is 2.33. The zero-order chi connectivity index (χ0) is 15.2. The van der Waals surface area contributed by atoms with Crippen molar-refractivity contribution in [3.63, 3.8) is 0 Å². The molecule has 1 aliphatic rings. The SMILES string of the molecule is CCCCCCC(C)OC1Cc2ccc(OC)cc2C1O. The van der Waals surface area contributed by atoms with Gasteiger partial charge in [0, 0.05) is 6.42 Å². The summed E-state index contributed by atoms with van der Waals surface area (Å²) in [5, 5.41) is 10.4. The molecule has 0 saturated carbocycles. The van der Waals surface area contributed by atoms with E-state index < -0.39 is 6.10 Å². The molecule has 1 aromatic rings. The first-order chi connectivity index (χ1) is 10.2. The van der Waals surface area contributed by atoms with Crippen LogP contribution >= 0.6 is 0 Å². The molecule has 118 valence electrons. The Kier molecular flexibility index (Phi) is 6.07. The van der Waals surface area contributed by atoms with Crippen molar-refractivity contribution in [3.8, 4) is 5.75 Å².